The van der Waals surface area contributed by atoms with Crippen molar-refractivity contribution < 1.29 is 131 Å². The van der Waals surface area contributed by atoms with Crippen molar-refractivity contribution in [1.29, 1.82) is 0 Å². The van der Waals surface area contributed by atoms with Crippen LogP contribution in [0.2, 0.25) is 0 Å². The summed E-state index contributed by atoms with van der Waals surface area (Å²) in [6, 6.07) is 0. The summed E-state index contributed by atoms with van der Waals surface area (Å²) >= 11 is 0. The van der Waals surface area contributed by atoms with E-state index in [-0.39, 0.29) is 18.9 Å². The van der Waals surface area contributed by atoms with E-state index in [0.29, 0.717) is 32.1 Å². The molecule has 0 spiro atoms. The van der Waals surface area contributed by atoms with Crippen LogP contribution in [0.3, 0.4) is 0 Å². The van der Waals surface area contributed by atoms with E-state index in [9.17, 15) is 65.1 Å². The highest BCUT2D eigenvalue weighted by Crippen LogP contribution is 2.40. The highest BCUT2D eigenvalue weighted by molar-refractivity contribution is 5.82. The number of allylic oxidation sites excluding steroid dienone is 1. The largest absolute Gasteiger partial charge is 0.455 e. The molecule has 0 amide bonds. The highest BCUT2D eigenvalue weighted by Gasteiger charge is 2.59. The van der Waals surface area contributed by atoms with E-state index in [1.807, 2.05) is 0 Å². The van der Waals surface area contributed by atoms with Gasteiger partial charge in [-0.3, -0.25) is 14.4 Å². The number of hydrogen-bond acceptors (Lipinski definition) is 27. The summed E-state index contributed by atoms with van der Waals surface area (Å²) < 4.78 is 88.0. The molecule has 27 nitrogen and oxygen atoms in total. The number of esters is 4. The first-order chi connectivity index (χ1) is 44.9. The molecular weight excluding hydrogens is 1240 g/mol. The standard InChI is InChI=1S/C67H114O27/c1-10-13-15-16-17-18-21-24-28-33-45(71)88-58-53(79)55(92-67-61(94-63-51(77)49(75)48(74)43(35-68)86-63)60(90-62(80)36(4)37(5)69)56(41(9)84-67)87-44(70)30-12-3)40(8)82-65(58)91-54-39(7)83-66-59(52(54)78)89-46(72)34-29-25-22-19-20-23-27-32-42(31-26-14-11-2)85-64-57(93-66)50(76)47(73)38(6)81-64/h12,30,36-43,47-61,63-69,73-79H,10-11,13-29,31-35H2,1-9H3/b30-12+/t36?,37-,38+,39-,40-,41-,42?,43+,47+,48+,49-,50-,51+,52+,53+,54-,55-,56-,57+,58+,59+,60+,61+,63-,64-,65-,66+,67-/m0/s1. The number of hydrogen-bond donors (Lipinski definition) is 9. The van der Waals surface area contributed by atoms with Gasteiger partial charge in [-0.2, -0.15) is 0 Å². The molecule has 28 atom stereocenters. The first kappa shape index (κ1) is 79.8. The third-order valence-corrected chi connectivity index (χ3v) is 18.8. The molecule has 6 rings (SSSR count). The molecule has 0 aromatic rings. The summed E-state index contributed by atoms with van der Waals surface area (Å²) in [5.41, 5.74) is 0. The summed E-state index contributed by atoms with van der Waals surface area (Å²) in [4.78, 5) is 55.1. The second kappa shape index (κ2) is 40.2. The van der Waals surface area contributed by atoms with Crippen molar-refractivity contribution in [2.45, 2.75) is 376 Å². The van der Waals surface area contributed by atoms with Crippen LogP contribution in [0.15, 0.2) is 12.2 Å². The Morgan fingerprint density at radius 1 is 0.521 bits per heavy atom. The summed E-state index contributed by atoms with van der Waals surface area (Å²) in [5, 5.41) is 102. The summed E-state index contributed by atoms with van der Waals surface area (Å²) in [7, 11) is 0. The molecule has 6 aliphatic rings. The van der Waals surface area contributed by atoms with Crippen LogP contribution in [-0.2, 0) is 85.5 Å². The summed E-state index contributed by atoms with van der Waals surface area (Å²) in [6.07, 6.45) is -21.2. The van der Waals surface area contributed by atoms with Crippen molar-refractivity contribution in [1.82, 2.24) is 0 Å². The van der Waals surface area contributed by atoms with Crippen LogP contribution in [-0.4, -0.2) is 242 Å². The maximum absolute atomic E-state index is 14.1. The monoisotopic (exact) mass is 1350 g/mol. The Morgan fingerprint density at radius 3 is 1.71 bits per heavy atom. The number of fused-ring (bicyclic) bond motifs is 2. The van der Waals surface area contributed by atoms with E-state index >= 15 is 0 Å². The molecule has 6 aliphatic heterocycles. The number of aliphatic hydroxyl groups is 9. The van der Waals surface area contributed by atoms with Crippen molar-refractivity contribution in [3.8, 4) is 0 Å². The molecule has 544 valence electrons. The van der Waals surface area contributed by atoms with Crippen LogP contribution in [0.4, 0.5) is 0 Å². The molecular formula is C67H114O27. The van der Waals surface area contributed by atoms with Gasteiger partial charge in [0.25, 0.3) is 0 Å². The van der Waals surface area contributed by atoms with Crippen LogP contribution in [0, 0.1) is 5.92 Å². The zero-order chi connectivity index (χ0) is 68.8. The second-order valence-corrected chi connectivity index (χ2v) is 26.5. The predicted molar refractivity (Wildman–Crippen MR) is 332 cm³/mol. The van der Waals surface area contributed by atoms with Gasteiger partial charge in [-0.15, -0.1) is 0 Å². The predicted octanol–water partition coefficient (Wildman–Crippen LogP) is 4.40. The maximum Gasteiger partial charge on any atom is 0.330 e. The van der Waals surface area contributed by atoms with Crippen LogP contribution in [0.5, 0.6) is 0 Å². The second-order valence-electron chi connectivity index (χ2n) is 26.5. The quantitative estimate of drug-likeness (QED) is 0.0238. The lowest BCUT2D eigenvalue weighted by Crippen LogP contribution is -2.68. The smallest absolute Gasteiger partial charge is 0.330 e. The molecule has 0 aromatic carbocycles. The lowest BCUT2D eigenvalue weighted by Gasteiger charge is -2.50. The number of ether oxygens (including phenoxy) is 14. The number of unbranched alkanes of at least 4 members (excludes halogenated alkanes) is 10. The van der Waals surface area contributed by atoms with E-state index in [0.717, 1.165) is 109 Å². The Bertz CT molecular complexity index is 2240. The Balaban J connectivity index is 1.34. The third-order valence-electron chi connectivity index (χ3n) is 18.8. The van der Waals surface area contributed by atoms with Gasteiger partial charge >= 0.3 is 23.9 Å². The average molecular weight is 1350 g/mol. The van der Waals surface area contributed by atoms with E-state index in [1.54, 1.807) is 13.8 Å². The average Bonchev–Trinajstić information content (AvgIpc) is 0.772. The van der Waals surface area contributed by atoms with Crippen molar-refractivity contribution in [3.63, 3.8) is 0 Å². The van der Waals surface area contributed by atoms with Gasteiger partial charge < -0.3 is 112 Å². The van der Waals surface area contributed by atoms with Gasteiger partial charge in [0.05, 0.1) is 49.1 Å². The number of aliphatic hydroxyl groups excluding tert-OH is 9. The number of carbonyl (C=O) groups excluding carboxylic acids is 4. The fourth-order valence-corrected chi connectivity index (χ4v) is 12.8. The van der Waals surface area contributed by atoms with Gasteiger partial charge in [-0.1, -0.05) is 129 Å². The fourth-order valence-electron chi connectivity index (χ4n) is 12.8. The SMILES string of the molecule is C/C=C/C(=O)O[C@@H]1[C@@H](OC(=O)C(C)[C@H](C)O)[C@@H](O[C@@H]2O[C@H](CO)[C@@H](O)[C@H](O)[C@H]2O)[C@H](O[C@@H]2[C@@H](O)[C@@H](OC(=O)CCCCCCCCCCC)[C@H](O[C@@H]3[C@@H](O)[C@H]4OC(=O)CCCCCCCCCC(CCCCC)O[C@@H]5O[C@H](C)[C@@H](O)[C@H](O)[C@H]5O[C@H]4O[C@H]3C)O[C@H]2C)O[C@H]1C. The van der Waals surface area contributed by atoms with Gasteiger partial charge in [0.1, 0.15) is 67.1 Å². The molecule has 0 aliphatic carbocycles. The fraction of sp³-hybridized carbons (Fsp3) is 0.910. The Morgan fingerprint density at radius 2 is 1.07 bits per heavy atom. The first-order valence-electron chi connectivity index (χ1n) is 35.0. The van der Waals surface area contributed by atoms with E-state index in [4.69, 9.17) is 66.3 Å². The van der Waals surface area contributed by atoms with Crippen LogP contribution in [0.25, 0.3) is 0 Å². The molecule has 2 unspecified atom stereocenters. The lowest BCUT2D eigenvalue weighted by atomic mass is 9.95. The van der Waals surface area contributed by atoms with Crippen LogP contribution in [0.1, 0.15) is 210 Å². The maximum atomic E-state index is 14.1. The van der Waals surface area contributed by atoms with Gasteiger partial charge in [0.2, 0.25) is 0 Å². The lowest BCUT2D eigenvalue weighted by molar-refractivity contribution is -0.395. The van der Waals surface area contributed by atoms with E-state index < -0.39 is 196 Å². The third kappa shape index (κ3) is 22.7. The molecule has 27 heteroatoms. The van der Waals surface area contributed by atoms with Gasteiger partial charge in [0, 0.05) is 18.9 Å². The zero-order valence-corrected chi connectivity index (χ0v) is 56.7. The molecule has 0 saturated carbocycles. The Labute approximate surface area is 553 Å². The molecule has 0 bridgehead atoms. The summed E-state index contributed by atoms with van der Waals surface area (Å²) in [6.45, 7) is 13.7. The minimum Gasteiger partial charge on any atom is -0.455 e. The van der Waals surface area contributed by atoms with Crippen LogP contribution >= 0.6 is 0 Å². The minimum absolute atomic E-state index is 0.0362. The van der Waals surface area contributed by atoms with E-state index in [1.165, 1.54) is 40.7 Å². The normalized spacial score (nSPS) is 39.8. The van der Waals surface area contributed by atoms with Gasteiger partial charge in [-0.05, 0) is 74.1 Å². The Hall–Kier alpha value is -3.14. The van der Waals surface area contributed by atoms with Crippen molar-refractivity contribution in [2.75, 3.05) is 6.61 Å². The molecule has 6 saturated heterocycles. The van der Waals surface area contributed by atoms with Crippen molar-refractivity contribution in [3.05, 3.63) is 12.2 Å². The minimum atomic E-state index is -2.05. The zero-order valence-electron chi connectivity index (χ0n) is 56.7. The molecule has 9 N–H and O–H groups in total. The topological polar surface area (TPSA) is 380 Å². The molecule has 6 fully saturated rings. The number of carbonyl (C=O) groups is 4. The molecule has 6 heterocycles. The number of rotatable bonds is 27. The molecule has 0 aromatic heterocycles. The van der Waals surface area contributed by atoms with Crippen molar-refractivity contribution in [2.24, 2.45) is 5.92 Å². The highest BCUT2D eigenvalue weighted by atomic mass is 16.8. The van der Waals surface area contributed by atoms with E-state index in [2.05, 4.69) is 13.8 Å². The molecule has 94 heavy (non-hydrogen) atoms. The molecule has 0 radical (unpaired) electrons. The summed E-state index contributed by atoms with van der Waals surface area (Å²) in [5.74, 6) is -4.62. The van der Waals surface area contributed by atoms with Gasteiger partial charge in [0.15, 0.2) is 62.0 Å². The Kier molecular flexibility index (Phi) is 34.1. The van der Waals surface area contributed by atoms with Gasteiger partial charge in [-0.25, -0.2) is 4.79 Å². The van der Waals surface area contributed by atoms with Crippen LogP contribution < -0.4 is 0 Å². The van der Waals surface area contributed by atoms with Crippen molar-refractivity contribution >= 4 is 23.9 Å². The first-order valence-corrected chi connectivity index (χ1v) is 35.0.